The van der Waals surface area contributed by atoms with Gasteiger partial charge >= 0.3 is 0 Å². The molecule has 3 heterocycles. The molecule has 57 heavy (non-hydrogen) atoms. The third-order valence-electron chi connectivity index (χ3n) is 10.3. The maximum atomic E-state index is 10.1. The van der Waals surface area contributed by atoms with Crippen molar-refractivity contribution < 1.29 is 27.4 Å². The second kappa shape index (κ2) is 12.5. The van der Waals surface area contributed by atoms with Gasteiger partial charge in [0.05, 0.1) is 60.5 Å². The molecule has 0 aliphatic heterocycles. The van der Waals surface area contributed by atoms with Crippen LogP contribution in [0.15, 0.2) is 212 Å². The van der Waals surface area contributed by atoms with Crippen molar-refractivity contribution in [1.82, 2.24) is 13.7 Å². The van der Waals surface area contributed by atoms with Crippen LogP contribution in [0.2, 0.25) is 0 Å². The average Bonchev–Trinajstić information content (AvgIpc) is 3.89. The van der Waals surface area contributed by atoms with Crippen molar-refractivity contribution in [3.63, 3.8) is 0 Å². The molecule has 3 aromatic heterocycles. The van der Waals surface area contributed by atoms with Crippen LogP contribution < -0.4 is 0 Å². The maximum absolute atomic E-state index is 10.1. The number of fused-ring (bicyclic) bond motifs is 9. The molecular formula is C54H35N3. The Balaban J connectivity index is 1.22. The van der Waals surface area contributed by atoms with E-state index in [1.165, 1.54) is 15.2 Å². The molecule has 0 fully saturated rings. The first-order chi connectivity index (χ1) is 36.6. The monoisotopic (exact) mass is 745 g/mol. The minimum absolute atomic E-state index is 0.0158. The molecule has 0 N–H and O–H groups in total. The lowest BCUT2D eigenvalue weighted by atomic mass is 10.0. The quantitative estimate of drug-likeness (QED) is 0.167. The van der Waals surface area contributed by atoms with Gasteiger partial charge in [0.1, 0.15) is 0 Å². The summed E-state index contributed by atoms with van der Waals surface area (Å²) in [4.78, 5) is 0. The second-order valence-electron chi connectivity index (χ2n) is 13.4. The summed E-state index contributed by atoms with van der Waals surface area (Å²) in [6.45, 7) is 0. The zero-order valence-corrected chi connectivity index (χ0v) is 29.5. The van der Waals surface area contributed by atoms with Gasteiger partial charge in [0.15, 0.2) is 0 Å². The third kappa shape index (κ3) is 4.86. The van der Waals surface area contributed by atoms with Gasteiger partial charge in [0.25, 0.3) is 0 Å². The van der Waals surface area contributed by atoms with E-state index in [1.54, 1.807) is 54.6 Å². The van der Waals surface area contributed by atoms with Gasteiger partial charge in [-0.15, -0.1) is 0 Å². The van der Waals surface area contributed by atoms with Crippen molar-refractivity contribution in [3.8, 4) is 39.3 Å². The standard InChI is InChI=1S/C54H35N3/c1-3-13-36(14-4-1)37-23-27-41(28-24-37)56-50-21-11-9-19-45(50)48-35-42(29-32-54(48)56)57-51-22-12-8-18-44(51)47-34-39(26-31-53(47)57)38-25-30-52-46(33-38)43-17-7-10-20-49(43)55(52)40-15-5-2-6-16-40/h1-35H/i7D,8D,9D,10D,11D,12D,17D,18D,19D,20D,21D,22D,25D,26D,29D,31D,32D,33D,34D,35D. The van der Waals surface area contributed by atoms with E-state index in [-0.39, 0.29) is 43.6 Å². The van der Waals surface area contributed by atoms with E-state index in [1.807, 2.05) is 30.3 Å². The summed E-state index contributed by atoms with van der Waals surface area (Å²) in [7, 11) is 0. The van der Waals surface area contributed by atoms with Gasteiger partial charge in [-0.1, -0.05) is 127 Å². The second-order valence-corrected chi connectivity index (χ2v) is 13.4. The molecule has 3 nitrogen and oxygen atoms in total. The lowest BCUT2D eigenvalue weighted by Crippen LogP contribution is -1.96. The predicted octanol–water partition coefficient (Wildman–Crippen LogP) is 14.3. The van der Waals surface area contributed by atoms with Crippen LogP contribution >= 0.6 is 0 Å². The highest BCUT2D eigenvalue weighted by atomic mass is 15.0. The molecule has 9 aromatic carbocycles. The lowest BCUT2D eigenvalue weighted by molar-refractivity contribution is 1.17. The normalized spacial score (nSPS) is 16.8. The van der Waals surface area contributed by atoms with Crippen molar-refractivity contribution in [2.75, 3.05) is 0 Å². The molecule has 0 bridgehead atoms. The van der Waals surface area contributed by atoms with Crippen molar-refractivity contribution in [1.29, 1.82) is 0 Å². The fourth-order valence-corrected chi connectivity index (χ4v) is 7.73. The van der Waals surface area contributed by atoms with Crippen LogP contribution in [-0.2, 0) is 0 Å². The molecule has 0 atom stereocenters. The van der Waals surface area contributed by atoms with Crippen LogP contribution in [0.1, 0.15) is 27.4 Å². The highest BCUT2D eigenvalue weighted by Gasteiger charge is 2.18. The average molecular weight is 746 g/mol. The van der Waals surface area contributed by atoms with Gasteiger partial charge in [0.2, 0.25) is 0 Å². The number of nitrogens with zero attached hydrogens (tertiary/aromatic N) is 3. The van der Waals surface area contributed by atoms with Gasteiger partial charge in [-0.3, -0.25) is 0 Å². The molecule has 0 spiro atoms. The SMILES string of the molecule is [2H]c1cc2c(c([2H])c1-c1c([2H])c([2H])c3c(c1[2H])c1c([2H])c([2H])c([2H])c([2H])c1n3-c1c([2H])c([2H])c3c(c1[2H])c1c([2H])c([2H])c([2H])c([2H])c1n3-c1ccc(-c3ccccc3)cc1)c1c([2H])c([2H])c([2H])c([2H])c1n2-c1ccccc1. The molecule has 0 unspecified atom stereocenters. The Morgan fingerprint density at radius 2 is 0.702 bits per heavy atom. The Kier molecular flexibility index (Phi) is 3.91. The van der Waals surface area contributed by atoms with E-state index in [4.69, 9.17) is 11.0 Å². The Hall–Kier alpha value is -7.62. The topological polar surface area (TPSA) is 14.8 Å². The number of benzene rings is 9. The molecule has 12 aromatic rings. The van der Waals surface area contributed by atoms with E-state index in [0.29, 0.717) is 11.4 Å². The molecule has 0 amide bonds. The summed E-state index contributed by atoms with van der Waals surface area (Å²) in [6.07, 6.45) is 0. The first-order valence-corrected chi connectivity index (χ1v) is 18.0. The zero-order valence-electron chi connectivity index (χ0n) is 49.5. The van der Waals surface area contributed by atoms with Crippen LogP contribution in [-0.4, -0.2) is 13.7 Å². The molecule has 3 heteroatoms. The highest BCUT2D eigenvalue weighted by molar-refractivity contribution is 6.14. The van der Waals surface area contributed by atoms with Gasteiger partial charge < -0.3 is 13.7 Å². The van der Waals surface area contributed by atoms with Crippen LogP contribution in [0, 0.1) is 0 Å². The predicted molar refractivity (Wildman–Crippen MR) is 240 cm³/mol. The van der Waals surface area contributed by atoms with Gasteiger partial charge in [0, 0.05) is 49.4 Å². The smallest absolute Gasteiger partial charge is 0.0652 e. The number of para-hydroxylation sites is 4. The van der Waals surface area contributed by atoms with Gasteiger partial charge in [-0.25, -0.2) is 0 Å². The van der Waals surface area contributed by atoms with E-state index in [9.17, 15) is 16.4 Å². The van der Waals surface area contributed by atoms with Crippen LogP contribution in [0.5, 0.6) is 0 Å². The summed E-state index contributed by atoms with van der Waals surface area (Å²) in [5.41, 5.74) is -0.248. The number of aromatic nitrogens is 3. The van der Waals surface area contributed by atoms with E-state index in [2.05, 4.69) is 0 Å². The molecule has 0 aliphatic carbocycles. The third-order valence-corrected chi connectivity index (χ3v) is 10.3. The first-order valence-electron chi connectivity index (χ1n) is 28.0. The molecule has 0 saturated heterocycles. The van der Waals surface area contributed by atoms with Crippen LogP contribution in [0.3, 0.4) is 0 Å². The molecule has 0 radical (unpaired) electrons. The van der Waals surface area contributed by atoms with E-state index < -0.39 is 159 Å². The Morgan fingerprint density at radius 3 is 1.33 bits per heavy atom. The zero-order chi connectivity index (χ0) is 54.9. The van der Waals surface area contributed by atoms with Crippen molar-refractivity contribution in [2.24, 2.45) is 0 Å². The maximum Gasteiger partial charge on any atom is 0.0652 e. The Labute approximate surface area is 357 Å². The molecule has 0 aliphatic rings. The molecule has 0 saturated carbocycles. The number of rotatable bonds is 5. The molecule has 12 rings (SSSR count). The summed E-state index contributed by atoms with van der Waals surface area (Å²) in [5.74, 6) is 0. The molecular weight excluding hydrogens is 691 g/mol. The van der Waals surface area contributed by atoms with Crippen molar-refractivity contribution >= 4 is 65.4 Å². The fourth-order valence-electron chi connectivity index (χ4n) is 7.73. The van der Waals surface area contributed by atoms with Crippen molar-refractivity contribution in [3.05, 3.63) is 212 Å². The Bertz CT molecular complexity index is 4660. The minimum atomic E-state index is -0.799. The van der Waals surface area contributed by atoms with Gasteiger partial charge in [-0.2, -0.15) is 0 Å². The number of hydrogen-bond donors (Lipinski definition) is 0. The summed E-state index contributed by atoms with van der Waals surface area (Å²) >= 11 is 0. The summed E-state index contributed by atoms with van der Waals surface area (Å²) < 4.78 is 190. The summed E-state index contributed by atoms with van der Waals surface area (Å²) in [6, 6.07) is 13.2. The fraction of sp³-hybridized carbons (Fsp3) is 0. The van der Waals surface area contributed by atoms with Crippen LogP contribution in [0.4, 0.5) is 0 Å². The lowest BCUT2D eigenvalue weighted by Gasteiger charge is -2.11. The first kappa shape index (κ1) is 17.9. The van der Waals surface area contributed by atoms with E-state index >= 15 is 0 Å². The van der Waals surface area contributed by atoms with Gasteiger partial charge in [-0.05, 0) is 107 Å². The Morgan fingerprint density at radius 1 is 0.263 bits per heavy atom. The largest absolute Gasteiger partial charge is 0.309 e. The summed E-state index contributed by atoms with van der Waals surface area (Å²) in [5, 5.41) is -1.45. The minimum Gasteiger partial charge on any atom is -0.309 e. The number of hydrogen-bond acceptors (Lipinski definition) is 0. The highest BCUT2D eigenvalue weighted by Crippen LogP contribution is 2.40. The van der Waals surface area contributed by atoms with Crippen molar-refractivity contribution in [2.45, 2.75) is 0 Å². The van der Waals surface area contributed by atoms with E-state index in [0.717, 1.165) is 15.7 Å². The molecule has 266 valence electrons. The van der Waals surface area contributed by atoms with Crippen LogP contribution in [0.25, 0.3) is 105 Å².